The van der Waals surface area contributed by atoms with Gasteiger partial charge in [0, 0.05) is 37.3 Å². The number of anilines is 2. The molecular formula is C45H72N4O10Si2. The molecule has 0 bridgehead atoms. The second-order valence-electron chi connectivity index (χ2n) is 18.9. The second-order valence-corrected chi connectivity index (χ2v) is 28.6. The lowest BCUT2D eigenvalue weighted by molar-refractivity contribution is 0.0678. The Hall–Kier alpha value is -4.26. The monoisotopic (exact) mass is 884 g/mol. The molecule has 61 heavy (non-hydrogen) atoms. The summed E-state index contributed by atoms with van der Waals surface area (Å²) in [6, 6.07) is 6.29. The molecule has 0 spiro atoms. The molecule has 2 fully saturated rings. The minimum atomic E-state index is -2.05. The number of likely N-dealkylation sites (tertiary alicyclic amines) is 2. The van der Waals surface area contributed by atoms with E-state index in [1.165, 1.54) is 20.3 Å². The molecule has 2 heterocycles. The fraction of sp³-hybridized carbons (Fsp3) is 0.622. The summed E-state index contributed by atoms with van der Waals surface area (Å²) in [5.41, 5.74) is 7.60. The first kappa shape index (κ1) is 49.4. The van der Waals surface area contributed by atoms with Gasteiger partial charge in [0.15, 0.2) is 39.6 Å². The average Bonchev–Trinajstić information content (AvgIpc) is 3.87. The van der Waals surface area contributed by atoms with Crippen molar-refractivity contribution >= 4 is 45.9 Å². The van der Waals surface area contributed by atoms with E-state index in [9.17, 15) is 14.4 Å². The molecule has 0 radical (unpaired) electrons. The Morgan fingerprint density at radius 1 is 0.754 bits per heavy atom. The average molecular weight is 885 g/mol. The van der Waals surface area contributed by atoms with Crippen molar-refractivity contribution in [2.75, 3.05) is 71.4 Å². The Morgan fingerprint density at radius 3 is 1.67 bits per heavy atom. The summed E-state index contributed by atoms with van der Waals surface area (Å²) in [7, 11) is -1.01. The van der Waals surface area contributed by atoms with E-state index >= 15 is 0 Å². The molecule has 2 aromatic rings. The zero-order chi connectivity index (χ0) is 45.3. The maximum atomic E-state index is 14.2. The molecule has 0 aromatic heterocycles. The number of nitrogens with zero attached hydrogens (tertiary/aromatic N) is 2. The van der Waals surface area contributed by atoms with Gasteiger partial charge in [0.25, 0.3) is 11.8 Å². The first-order chi connectivity index (χ1) is 28.5. The van der Waals surface area contributed by atoms with Crippen LogP contribution in [0.4, 0.5) is 16.2 Å². The number of benzene rings is 2. The van der Waals surface area contributed by atoms with Crippen molar-refractivity contribution in [3.05, 3.63) is 48.0 Å². The Morgan fingerprint density at radius 2 is 1.21 bits per heavy atom. The molecule has 2 aliphatic rings. The number of nitrogens with one attached hydrogen (secondary N) is 1. The fourth-order valence-electron chi connectivity index (χ4n) is 6.75. The van der Waals surface area contributed by atoms with Crippen LogP contribution >= 0.6 is 0 Å². The number of carbonyl (C=O) groups excluding carboxylic acids is 3. The topological polar surface area (TPSA) is 160 Å². The highest BCUT2D eigenvalue weighted by atomic mass is 28.4. The van der Waals surface area contributed by atoms with Crippen molar-refractivity contribution in [1.82, 2.24) is 9.80 Å². The molecule has 4 rings (SSSR count). The maximum absolute atomic E-state index is 14.2. The van der Waals surface area contributed by atoms with E-state index in [1.54, 1.807) is 24.3 Å². The molecule has 0 unspecified atom stereocenters. The number of rotatable bonds is 19. The number of nitrogens with two attached hydrogens (primary N) is 1. The van der Waals surface area contributed by atoms with Gasteiger partial charge in [-0.1, -0.05) is 54.2 Å². The number of carbonyl (C=O) groups is 3. The molecular weight excluding hydrogens is 813 g/mol. The lowest BCUT2D eigenvalue weighted by atomic mass is 10.1. The van der Waals surface area contributed by atoms with Crippen LogP contribution in [-0.4, -0.2) is 117 Å². The Balaban J connectivity index is 1.44. The van der Waals surface area contributed by atoms with Crippen LogP contribution < -0.4 is 30.0 Å². The van der Waals surface area contributed by atoms with Gasteiger partial charge in [0.05, 0.1) is 69.5 Å². The first-order valence-corrected chi connectivity index (χ1v) is 27.3. The van der Waals surface area contributed by atoms with Crippen LogP contribution in [0.25, 0.3) is 0 Å². The molecule has 16 heteroatoms. The lowest BCUT2D eigenvalue weighted by Crippen LogP contribution is -2.46. The smallest absolute Gasteiger partial charge is 0.411 e. The quantitative estimate of drug-likeness (QED) is 0.0600. The highest BCUT2D eigenvalue weighted by Crippen LogP contribution is 2.40. The Bertz CT molecular complexity index is 1860. The van der Waals surface area contributed by atoms with Gasteiger partial charge in [-0.25, -0.2) is 4.79 Å². The van der Waals surface area contributed by atoms with Crippen molar-refractivity contribution in [3.8, 4) is 23.0 Å². The number of amides is 3. The van der Waals surface area contributed by atoms with Gasteiger partial charge in [-0.2, -0.15) is 0 Å². The number of ether oxygens (including phenoxy) is 5. The van der Waals surface area contributed by atoms with Crippen LogP contribution in [0.1, 0.15) is 94.4 Å². The Kier molecular flexibility index (Phi) is 16.8. The first-order valence-electron chi connectivity index (χ1n) is 21.4. The van der Waals surface area contributed by atoms with Crippen LogP contribution in [0.15, 0.2) is 36.9 Å². The number of hydrogen-bond acceptors (Lipinski definition) is 11. The summed E-state index contributed by atoms with van der Waals surface area (Å²) in [6.45, 7) is 28.2. The van der Waals surface area contributed by atoms with Gasteiger partial charge in [0.1, 0.15) is 6.61 Å². The largest absolute Gasteiger partial charge is 0.493 e. The van der Waals surface area contributed by atoms with E-state index in [4.69, 9.17) is 38.3 Å². The van der Waals surface area contributed by atoms with Gasteiger partial charge < -0.3 is 48.1 Å². The minimum absolute atomic E-state index is 0.00492. The Labute approximate surface area is 366 Å². The van der Waals surface area contributed by atoms with Gasteiger partial charge in [-0.3, -0.25) is 14.9 Å². The number of methoxy groups -OCH3 is 2. The summed E-state index contributed by atoms with van der Waals surface area (Å²) in [5, 5.41) is 2.83. The molecule has 3 amide bonds. The molecule has 14 nitrogen and oxygen atoms in total. The van der Waals surface area contributed by atoms with Crippen LogP contribution in [0.5, 0.6) is 23.0 Å². The van der Waals surface area contributed by atoms with Gasteiger partial charge in [-0.15, -0.1) is 0 Å². The van der Waals surface area contributed by atoms with E-state index < -0.39 is 22.7 Å². The van der Waals surface area contributed by atoms with Crippen molar-refractivity contribution in [2.45, 2.75) is 122 Å². The maximum Gasteiger partial charge on any atom is 0.411 e. The normalized spacial score (nSPS) is 17.2. The predicted octanol–water partition coefficient (Wildman–Crippen LogP) is 9.12. The summed E-state index contributed by atoms with van der Waals surface area (Å²) >= 11 is 0. The fourth-order valence-corrected chi connectivity index (χ4v) is 8.84. The zero-order valence-corrected chi connectivity index (χ0v) is 40.8. The van der Waals surface area contributed by atoms with E-state index in [2.05, 4.69) is 79.6 Å². The summed E-state index contributed by atoms with van der Waals surface area (Å²) < 4.78 is 41.8. The van der Waals surface area contributed by atoms with Crippen LogP contribution in [0.3, 0.4) is 0 Å². The van der Waals surface area contributed by atoms with Crippen molar-refractivity contribution in [3.63, 3.8) is 0 Å². The summed E-state index contributed by atoms with van der Waals surface area (Å²) in [4.78, 5) is 44.5. The van der Waals surface area contributed by atoms with Crippen LogP contribution in [0.2, 0.25) is 36.3 Å². The summed E-state index contributed by atoms with van der Waals surface area (Å²) in [5.74, 6) is 1.02. The van der Waals surface area contributed by atoms with Crippen LogP contribution in [0, 0.1) is 0 Å². The number of hydrogen-bond donors (Lipinski definition) is 2. The molecule has 2 saturated heterocycles. The highest BCUT2D eigenvalue weighted by molar-refractivity contribution is 6.74. The van der Waals surface area contributed by atoms with Crippen molar-refractivity contribution < 1.29 is 46.9 Å². The zero-order valence-electron chi connectivity index (χ0n) is 38.8. The standard InChI is InChI=1S/C45H72N4O10Si2/c1-14-22-57-43(52)47-36-28-40(38(54-9)26-34(36)42(51)49-21-16-19-32(49)30-59-61(12,13)45(5,6)7)56-24-17-23-55-39-27-35(46)33(25-37(39)53-8)41(50)48-20-15-18-31(48)29-58-60(10,11)44(2,3)4/h14,25-28,31-32H,1,15-24,29-30,46H2,2-13H3,(H,47,52)/t31-,32-/m0/s1. The molecule has 0 aliphatic carbocycles. The lowest BCUT2D eigenvalue weighted by Gasteiger charge is -2.38. The SMILES string of the molecule is C=CCOC(=O)Nc1cc(OCCCOc2cc(N)c(C(=O)N3CCC[C@H]3CO[Si](C)(C)C(C)(C)C)cc2OC)c(OC)cc1C(=O)N1CCC[C@H]1CO[Si](C)(C)C(C)(C)C. The second kappa shape index (κ2) is 20.7. The van der Waals surface area contributed by atoms with Crippen LogP contribution in [-0.2, 0) is 13.6 Å². The van der Waals surface area contributed by atoms with E-state index in [1.807, 2.05) is 9.80 Å². The van der Waals surface area contributed by atoms with E-state index in [0.29, 0.717) is 67.0 Å². The van der Waals surface area contributed by atoms with Gasteiger partial charge in [0.2, 0.25) is 0 Å². The molecule has 2 aliphatic heterocycles. The van der Waals surface area contributed by atoms with Crippen molar-refractivity contribution in [1.29, 1.82) is 0 Å². The van der Waals surface area contributed by atoms with Gasteiger partial charge in [-0.05, 0) is 74.1 Å². The van der Waals surface area contributed by atoms with Crippen molar-refractivity contribution in [2.24, 2.45) is 0 Å². The summed E-state index contributed by atoms with van der Waals surface area (Å²) in [6.07, 6.45) is 4.59. The van der Waals surface area contributed by atoms with Gasteiger partial charge >= 0.3 is 6.09 Å². The third-order valence-corrected chi connectivity index (χ3v) is 21.6. The molecule has 3 N–H and O–H groups in total. The van der Waals surface area contributed by atoms with E-state index in [0.717, 1.165) is 25.7 Å². The third-order valence-electron chi connectivity index (χ3n) is 12.6. The highest BCUT2D eigenvalue weighted by Gasteiger charge is 2.41. The molecule has 0 saturated carbocycles. The third kappa shape index (κ3) is 12.4. The molecule has 2 atom stereocenters. The molecule has 2 aromatic carbocycles. The predicted molar refractivity (Wildman–Crippen MR) is 246 cm³/mol. The minimum Gasteiger partial charge on any atom is -0.493 e. The van der Waals surface area contributed by atoms with E-state index in [-0.39, 0.29) is 65.0 Å². The number of nitrogen functional groups attached to an aromatic ring is 1. The molecule has 340 valence electrons.